The van der Waals surface area contributed by atoms with Gasteiger partial charge in [-0.25, -0.2) is 0 Å². The second kappa shape index (κ2) is 9.88. The second-order valence-corrected chi connectivity index (χ2v) is 8.64. The van der Waals surface area contributed by atoms with Crippen LogP contribution in [0, 0.1) is 0 Å². The zero-order valence-electron chi connectivity index (χ0n) is 18.9. The Balaban J connectivity index is 1.44. The quantitative estimate of drug-likeness (QED) is 0.574. The van der Waals surface area contributed by atoms with Crippen LogP contribution in [0.25, 0.3) is 0 Å². The normalized spacial score (nSPS) is 15.0. The van der Waals surface area contributed by atoms with Crippen molar-refractivity contribution in [2.75, 3.05) is 37.8 Å². The van der Waals surface area contributed by atoms with Gasteiger partial charge in [-0.15, -0.1) is 0 Å². The molecule has 0 aromatic heterocycles. The first-order chi connectivity index (χ1) is 15.5. The van der Waals surface area contributed by atoms with Gasteiger partial charge in [-0.2, -0.15) is 0 Å². The topological polar surface area (TPSA) is 61.6 Å². The first-order valence-electron chi connectivity index (χ1n) is 11.2. The molecule has 4 rings (SSSR count). The van der Waals surface area contributed by atoms with Crippen molar-refractivity contribution >= 4 is 17.3 Å². The van der Waals surface area contributed by atoms with Gasteiger partial charge in [0.25, 0.3) is 5.91 Å². The van der Waals surface area contributed by atoms with E-state index in [1.54, 1.807) is 6.07 Å². The molecule has 3 aromatic carbocycles. The number of hydrogen-bond donors (Lipinski definition) is 2. The monoisotopic (exact) mass is 428 g/mol. The molecule has 0 bridgehead atoms. The molecule has 0 spiro atoms. The van der Waals surface area contributed by atoms with Crippen LogP contribution in [0.4, 0.5) is 11.4 Å². The molecular formula is C27H32N4O. The maximum Gasteiger partial charge on any atom is 0.253 e. The Morgan fingerprint density at radius 3 is 2.00 bits per heavy atom. The summed E-state index contributed by atoms with van der Waals surface area (Å²) in [4.78, 5) is 17.4. The zero-order valence-corrected chi connectivity index (χ0v) is 18.9. The first kappa shape index (κ1) is 21.9. The molecule has 166 valence electrons. The number of carbonyl (C=O) groups is 1. The van der Waals surface area contributed by atoms with Gasteiger partial charge < -0.3 is 16.0 Å². The fourth-order valence-electron chi connectivity index (χ4n) is 4.59. The van der Waals surface area contributed by atoms with Gasteiger partial charge in [0.05, 0.1) is 23.0 Å². The average Bonchev–Trinajstić information content (AvgIpc) is 2.82. The van der Waals surface area contributed by atoms with Gasteiger partial charge in [0.1, 0.15) is 0 Å². The van der Waals surface area contributed by atoms with Crippen molar-refractivity contribution in [1.29, 1.82) is 0 Å². The molecule has 32 heavy (non-hydrogen) atoms. The predicted molar refractivity (Wildman–Crippen MR) is 132 cm³/mol. The van der Waals surface area contributed by atoms with Crippen molar-refractivity contribution < 1.29 is 4.79 Å². The minimum Gasteiger partial charge on any atom is -0.396 e. The van der Waals surface area contributed by atoms with E-state index in [-0.39, 0.29) is 18.0 Å². The Kier molecular flexibility index (Phi) is 6.76. The molecule has 0 atom stereocenters. The molecule has 0 saturated carbocycles. The molecule has 1 heterocycles. The summed E-state index contributed by atoms with van der Waals surface area (Å²) in [6, 6.07) is 27.3. The van der Waals surface area contributed by atoms with E-state index in [4.69, 9.17) is 5.73 Å². The maximum atomic E-state index is 12.9. The van der Waals surface area contributed by atoms with Gasteiger partial charge >= 0.3 is 0 Å². The van der Waals surface area contributed by atoms with E-state index in [9.17, 15) is 4.79 Å². The van der Waals surface area contributed by atoms with Crippen molar-refractivity contribution in [2.45, 2.75) is 24.9 Å². The molecule has 5 nitrogen and oxygen atoms in total. The van der Waals surface area contributed by atoms with Crippen molar-refractivity contribution in [3.05, 3.63) is 95.6 Å². The fraction of sp³-hybridized carbons (Fsp3) is 0.296. The molecule has 1 aliphatic heterocycles. The fourth-order valence-corrected chi connectivity index (χ4v) is 4.59. The lowest BCUT2D eigenvalue weighted by Crippen LogP contribution is -2.46. The standard InChI is InChI=1S/C27H32N4O/c1-30(2)24-15-9-14-23(25(24)28)27(32)29-22-16-18-31(19-17-22)26(20-10-5-3-6-11-20)21-12-7-4-8-13-21/h3-15,22,26H,16-19,28H2,1-2H3,(H,29,32). The molecule has 5 heteroatoms. The summed E-state index contributed by atoms with van der Waals surface area (Å²) in [6.45, 7) is 1.85. The number of benzene rings is 3. The van der Waals surface area contributed by atoms with Gasteiger partial charge in [-0.05, 0) is 36.1 Å². The number of amides is 1. The maximum absolute atomic E-state index is 12.9. The van der Waals surface area contributed by atoms with Gasteiger partial charge in [0, 0.05) is 33.2 Å². The number of hydrogen-bond acceptors (Lipinski definition) is 4. The van der Waals surface area contributed by atoms with Crippen LogP contribution < -0.4 is 16.0 Å². The number of nitrogen functional groups attached to an aromatic ring is 1. The van der Waals surface area contributed by atoms with E-state index in [2.05, 4.69) is 70.9 Å². The Morgan fingerprint density at radius 2 is 1.47 bits per heavy atom. The molecule has 0 aliphatic carbocycles. The molecule has 1 aliphatic rings. The van der Waals surface area contributed by atoms with Gasteiger partial charge in [-0.1, -0.05) is 66.7 Å². The molecule has 0 unspecified atom stereocenters. The molecule has 1 amide bonds. The number of likely N-dealkylation sites (tertiary alicyclic amines) is 1. The van der Waals surface area contributed by atoms with Gasteiger partial charge in [0.15, 0.2) is 0 Å². The summed E-state index contributed by atoms with van der Waals surface area (Å²) in [7, 11) is 3.86. The highest BCUT2D eigenvalue weighted by molar-refractivity contribution is 6.02. The third-order valence-electron chi connectivity index (χ3n) is 6.27. The summed E-state index contributed by atoms with van der Waals surface area (Å²) >= 11 is 0. The highest BCUT2D eigenvalue weighted by Gasteiger charge is 2.28. The largest absolute Gasteiger partial charge is 0.396 e. The molecule has 3 N–H and O–H groups in total. The number of rotatable bonds is 6. The molecule has 0 radical (unpaired) electrons. The number of anilines is 2. The lowest BCUT2D eigenvalue weighted by Gasteiger charge is -2.38. The van der Waals surface area contributed by atoms with Gasteiger partial charge in [-0.3, -0.25) is 9.69 Å². The van der Waals surface area contributed by atoms with E-state index in [1.807, 2.05) is 31.1 Å². The van der Waals surface area contributed by atoms with Crippen LogP contribution in [0.5, 0.6) is 0 Å². The highest BCUT2D eigenvalue weighted by Crippen LogP contribution is 2.31. The number of nitrogens with one attached hydrogen (secondary N) is 1. The lowest BCUT2D eigenvalue weighted by molar-refractivity contribution is 0.0901. The number of carbonyl (C=O) groups excluding carboxylic acids is 1. The first-order valence-corrected chi connectivity index (χ1v) is 11.2. The Bertz CT molecular complexity index is 989. The van der Waals surface area contributed by atoms with Gasteiger partial charge in [0.2, 0.25) is 0 Å². The van der Waals surface area contributed by atoms with E-state index in [1.165, 1.54) is 11.1 Å². The third-order valence-corrected chi connectivity index (χ3v) is 6.27. The van der Waals surface area contributed by atoms with Crippen LogP contribution in [-0.4, -0.2) is 44.0 Å². The van der Waals surface area contributed by atoms with Crippen LogP contribution in [-0.2, 0) is 0 Å². The minimum atomic E-state index is -0.0904. The van der Waals surface area contributed by atoms with Crippen LogP contribution in [0.15, 0.2) is 78.9 Å². The van der Waals surface area contributed by atoms with E-state index >= 15 is 0 Å². The second-order valence-electron chi connectivity index (χ2n) is 8.64. The Labute approximate surface area is 190 Å². The van der Waals surface area contributed by atoms with Crippen molar-refractivity contribution in [3.63, 3.8) is 0 Å². The molecular weight excluding hydrogens is 396 g/mol. The van der Waals surface area contributed by atoms with E-state index in [0.29, 0.717) is 11.3 Å². The summed E-state index contributed by atoms with van der Waals surface area (Å²) in [5.74, 6) is -0.0904. The van der Waals surface area contributed by atoms with E-state index < -0.39 is 0 Å². The Morgan fingerprint density at radius 1 is 0.906 bits per heavy atom. The summed E-state index contributed by atoms with van der Waals surface area (Å²) < 4.78 is 0. The highest BCUT2D eigenvalue weighted by atomic mass is 16.1. The predicted octanol–water partition coefficient (Wildman–Crippen LogP) is 4.32. The summed E-state index contributed by atoms with van der Waals surface area (Å²) in [6.07, 6.45) is 1.82. The van der Waals surface area contributed by atoms with Crippen LogP contribution in [0.2, 0.25) is 0 Å². The van der Waals surface area contributed by atoms with Crippen LogP contribution in [0.1, 0.15) is 40.4 Å². The average molecular weight is 429 g/mol. The SMILES string of the molecule is CN(C)c1cccc(C(=O)NC2CCN(C(c3ccccc3)c3ccccc3)CC2)c1N. The van der Waals surface area contributed by atoms with Crippen molar-refractivity contribution in [2.24, 2.45) is 0 Å². The number of nitrogens with zero attached hydrogens (tertiary/aromatic N) is 2. The number of nitrogens with two attached hydrogens (primary N) is 1. The Hall–Kier alpha value is -3.31. The third kappa shape index (κ3) is 4.78. The van der Waals surface area contributed by atoms with Crippen molar-refractivity contribution in [3.8, 4) is 0 Å². The van der Waals surface area contributed by atoms with Crippen molar-refractivity contribution in [1.82, 2.24) is 10.2 Å². The summed E-state index contributed by atoms with van der Waals surface area (Å²) in [5, 5.41) is 3.22. The smallest absolute Gasteiger partial charge is 0.253 e. The van der Waals surface area contributed by atoms with Crippen LogP contribution in [0.3, 0.4) is 0 Å². The number of piperidine rings is 1. The number of para-hydroxylation sites is 1. The molecule has 1 fully saturated rings. The van der Waals surface area contributed by atoms with Crippen LogP contribution >= 0.6 is 0 Å². The summed E-state index contributed by atoms with van der Waals surface area (Å²) in [5.41, 5.74) is 10.8. The zero-order chi connectivity index (χ0) is 22.5. The molecule has 3 aromatic rings. The minimum absolute atomic E-state index is 0.0904. The molecule has 1 saturated heterocycles. The van der Waals surface area contributed by atoms with E-state index in [0.717, 1.165) is 31.6 Å². The lowest BCUT2D eigenvalue weighted by atomic mass is 9.94.